The van der Waals surface area contributed by atoms with Gasteiger partial charge in [-0.25, -0.2) is 0 Å². The van der Waals surface area contributed by atoms with Crippen molar-refractivity contribution < 1.29 is 4.42 Å². The Morgan fingerprint density at radius 1 is 0.281 bits per heavy atom. The van der Waals surface area contributed by atoms with Crippen LogP contribution in [0.2, 0.25) is 0 Å². The Morgan fingerprint density at radius 2 is 0.766 bits per heavy atom. The van der Waals surface area contributed by atoms with Gasteiger partial charge in [-0.15, -0.1) is 0 Å². The Balaban J connectivity index is 1.02. The minimum atomic E-state index is 0.862. The van der Waals surface area contributed by atoms with Crippen molar-refractivity contribution in [2.45, 2.75) is 0 Å². The molecule has 0 saturated carbocycles. The van der Waals surface area contributed by atoms with E-state index >= 15 is 0 Å². The van der Waals surface area contributed by atoms with Crippen molar-refractivity contribution in [3.05, 3.63) is 249 Å². The molecule has 12 rings (SSSR count). The third-order valence-corrected chi connectivity index (χ3v) is 12.7. The molecule has 2 nitrogen and oxygen atoms in total. The summed E-state index contributed by atoms with van der Waals surface area (Å²) in [5, 5.41) is 7.05. The van der Waals surface area contributed by atoms with Gasteiger partial charge < -0.3 is 9.32 Å². The lowest BCUT2D eigenvalue weighted by Crippen LogP contribution is -2.10. The Bertz CT molecular complexity index is 3650. The van der Waals surface area contributed by atoms with Crippen molar-refractivity contribution in [1.82, 2.24) is 0 Å². The summed E-state index contributed by atoms with van der Waals surface area (Å²) in [6.45, 7) is 0. The number of fused-ring (bicyclic) bond motifs is 5. The highest BCUT2D eigenvalue weighted by Gasteiger charge is 2.23. The SMILES string of the molecule is c1ccc(-c2ccccc2-c2ccc(N(c3ccc(-c4cccc(-c5cccc6ccccc56)c4)cc3)c3ccc(-c4cccc5ccccc45)c4oc5ccccc5c34)cc2)cc1. The van der Waals surface area contributed by atoms with Gasteiger partial charge in [0.25, 0.3) is 0 Å². The van der Waals surface area contributed by atoms with Crippen molar-refractivity contribution >= 4 is 60.5 Å². The molecule has 11 aromatic carbocycles. The Kier molecular flexibility index (Phi) is 9.20. The number of rotatable bonds is 8. The summed E-state index contributed by atoms with van der Waals surface area (Å²) in [6, 6.07) is 89.5. The van der Waals surface area contributed by atoms with Gasteiger partial charge in [-0.2, -0.15) is 0 Å². The number of anilines is 3. The van der Waals surface area contributed by atoms with Gasteiger partial charge in [0, 0.05) is 22.3 Å². The predicted octanol–water partition coefficient (Wildman–Crippen LogP) is 17.7. The average Bonchev–Trinajstić information content (AvgIpc) is 3.77. The van der Waals surface area contributed by atoms with Gasteiger partial charge in [0.2, 0.25) is 0 Å². The molecule has 0 unspecified atom stereocenters. The summed E-state index contributed by atoms with van der Waals surface area (Å²) in [7, 11) is 0. The Labute approximate surface area is 372 Å². The number of nitrogens with zero attached hydrogens (tertiary/aromatic N) is 1. The predicted molar refractivity (Wildman–Crippen MR) is 271 cm³/mol. The van der Waals surface area contributed by atoms with E-state index in [0.29, 0.717) is 0 Å². The van der Waals surface area contributed by atoms with Crippen LogP contribution in [-0.2, 0) is 0 Å². The lowest BCUT2D eigenvalue weighted by atomic mass is 9.94. The Hall–Kier alpha value is -8.46. The first-order valence-electron chi connectivity index (χ1n) is 21.9. The van der Waals surface area contributed by atoms with Crippen LogP contribution in [0.15, 0.2) is 253 Å². The van der Waals surface area contributed by atoms with Gasteiger partial charge >= 0.3 is 0 Å². The zero-order valence-corrected chi connectivity index (χ0v) is 35.0. The topological polar surface area (TPSA) is 16.4 Å². The molecule has 0 aliphatic carbocycles. The van der Waals surface area contributed by atoms with Crippen LogP contribution in [0.1, 0.15) is 0 Å². The smallest absolute Gasteiger partial charge is 0.145 e. The second kappa shape index (κ2) is 15.8. The molecule has 2 heteroatoms. The monoisotopic (exact) mass is 815 g/mol. The quantitative estimate of drug-likeness (QED) is 0.152. The molecule has 64 heavy (non-hydrogen) atoms. The zero-order valence-electron chi connectivity index (χ0n) is 35.0. The van der Waals surface area contributed by atoms with E-state index < -0.39 is 0 Å². The fourth-order valence-electron chi connectivity index (χ4n) is 9.64. The van der Waals surface area contributed by atoms with Crippen LogP contribution in [-0.4, -0.2) is 0 Å². The van der Waals surface area contributed by atoms with Crippen LogP contribution < -0.4 is 4.90 Å². The van der Waals surface area contributed by atoms with E-state index in [1.54, 1.807) is 0 Å². The molecule has 0 aliphatic rings. The van der Waals surface area contributed by atoms with E-state index in [2.05, 4.69) is 254 Å². The van der Waals surface area contributed by atoms with Gasteiger partial charge in [0.15, 0.2) is 0 Å². The van der Waals surface area contributed by atoms with Gasteiger partial charge in [-0.1, -0.05) is 200 Å². The van der Waals surface area contributed by atoms with Gasteiger partial charge in [-0.05, 0) is 120 Å². The van der Waals surface area contributed by atoms with E-state index in [1.165, 1.54) is 54.9 Å². The van der Waals surface area contributed by atoms with Crippen LogP contribution >= 0.6 is 0 Å². The summed E-state index contributed by atoms with van der Waals surface area (Å²) in [5.74, 6) is 0. The standard InChI is InChI=1S/C62H41NO/c1-2-15-43(16-3-1)51-24-8-9-25-53(51)46-33-37-50(38-34-46)63(49-35-31-42(32-36-49)47-21-12-22-48(41-47)55-28-13-19-44-17-4-6-23-52(44)55)59-40-39-57(56-29-14-20-45-18-5-7-26-54(45)56)62-61(59)58-27-10-11-30-60(58)64-62/h1-41H. The average molecular weight is 816 g/mol. The fourth-order valence-corrected chi connectivity index (χ4v) is 9.64. The number of furan rings is 1. The van der Waals surface area contributed by atoms with Crippen molar-refractivity contribution in [2.75, 3.05) is 4.90 Å². The maximum atomic E-state index is 6.91. The van der Waals surface area contributed by atoms with Crippen LogP contribution in [0.5, 0.6) is 0 Å². The van der Waals surface area contributed by atoms with E-state index in [9.17, 15) is 0 Å². The lowest BCUT2D eigenvalue weighted by Gasteiger charge is -2.27. The summed E-state index contributed by atoms with van der Waals surface area (Å²) in [4.78, 5) is 2.39. The lowest BCUT2D eigenvalue weighted by molar-refractivity contribution is 0.670. The minimum Gasteiger partial charge on any atom is -0.455 e. The number of para-hydroxylation sites is 1. The number of benzene rings is 11. The molecule has 0 N–H and O–H groups in total. The van der Waals surface area contributed by atoms with Gasteiger partial charge in [-0.3, -0.25) is 0 Å². The van der Waals surface area contributed by atoms with Crippen LogP contribution in [0.3, 0.4) is 0 Å². The summed E-state index contributed by atoms with van der Waals surface area (Å²) in [5.41, 5.74) is 16.6. The molecule has 0 fully saturated rings. The highest BCUT2D eigenvalue weighted by Crippen LogP contribution is 2.48. The number of hydrogen-bond acceptors (Lipinski definition) is 2. The second-order valence-corrected chi connectivity index (χ2v) is 16.4. The molecule has 0 saturated heterocycles. The molecule has 0 radical (unpaired) electrons. The first-order valence-corrected chi connectivity index (χ1v) is 21.9. The first-order chi connectivity index (χ1) is 31.7. The van der Waals surface area contributed by atoms with Crippen molar-refractivity contribution in [1.29, 1.82) is 0 Å². The summed E-state index contributed by atoms with van der Waals surface area (Å²) in [6.07, 6.45) is 0. The third-order valence-electron chi connectivity index (χ3n) is 12.7. The maximum absolute atomic E-state index is 6.91. The molecule has 0 aliphatic heterocycles. The normalized spacial score (nSPS) is 11.4. The first kappa shape index (κ1) is 37.3. The summed E-state index contributed by atoms with van der Waals surface area (Å²) >= 11 is 0. The van der Waals surface area contributed by atoms with Crippen LogP contribution in [0.4, 0.5) is 17.1 Å². The van der Waals surface area contributed by atoms with Gasteiger partial charge in [0.05, 0.1) is 11.1 Å². The fraction of sp³-hybridized carbons (Fsp3) is 0. The van der Waals surface area contributed by atoms with Crippen molar-refractivity contribution in [2.24, 2.45) is 0 Å². The molecular formula is C62H41NO. The largest absolute Gasteiger partial charge is 0.455 e. The van der Waals surface area contributed by atoms with Crippen molar-refractivity contribution in [3.8, 4) is 55.6 Å². The van der Waals surface area contributed by atoms with Crippen molar-refractivity contribution in [3.63, 3.8) is 0 Å². The van der Waals surface area contributed by atoms with E-state index in [1.807, 2.05) is 0 Å². The zero-order chi connectivity index (χ0) is 42.4. The molecular weight excluding hydrogens is 775 g/mol. The van der Waals surface area contributed by atoms with Crippen LogP contribution in [0.25, 0.3) is 99.1 Å². The number of hydrogen-bond donors (Lipinski definition) is 0. The molecule has 0 bridgehead atoms. The molecule has 300 valence electrons. The second-order valence-electron chi connectivity index (χ2n) is 16.4. The maximum Gasteiger partial charge on any atom is 0.145 e. The molecule has 0 atom stereocenters. The molecule has 12 aromatic rings. The molecule has 0 spiro atoms. The van der Waals surface area contributed by atoms with E-state index in [4.69, 9.17) is 4.42 Å². The third kappa shape index (κ3) is 6.52. The Morgan fingerprint density at radius 3 is 1.47 bits per heavy atom. The highest BCUT2D eigenvalue weighted by molar-refractivity contribution is 6.18. The molecule has 1 heterocycles. The molecule has 0 amide bonds. The minimum absolute atomic E-state index is 0.862. The molecule has 1 aromatic heterocycles. The van der Waals surface area contributed by atoms with E-state index in [0.717, 1.165) is 61.3 Å². The highest BCUT2D eigenvalue weighted by atomic mass is 16.3. The van der Waals surface area contributed by atoms with E-state index in [-0.39, 0.29) is 0 Å². The summed E-state index contributed by atoms with van der Waals surface area (Å²) < 4.78 is 6.91. The van der Waals surface area contributed by atoms with Crippen LogP contribution in [0, 0.1) is 0 Å². The van der Waals surface area contributed by atoms with Gasteiger partial charge in [0.1, 0.15) is 11.2 Å².